The Morgan fingerprint density at radius 2 is 1.19 bits per heavy atom. The molecule has 1 aromatic heterocycles. The molecule has 0 saturated carbocycles. The van der Waals surface area contributed by atoms with Crippen LogP contribution in [0.15, 0.2) is 168 Å². The summed E-state index contributed by atoms with van der Waals surface area (Å²) in [4.78, 5) is 2.38. The first-order valence-electron chi connectivity index (χ1n) is 17.0. The topological polar surface area (TPSA) is 16.4 Å². The van der Waals surface area contributed by atoms with E-state index in [4.69, 9.17) is 4.42 Å². The fourth-order valence-electron chi connectivity index (χ4n) is 9.46. The van der Waals surface area contributed by atoms with Crippen LogP contribution in [0, 0.1) is 11.8 Å². The highest BCUT2D eigenvalue weighted by Gasteiger charge is 2.58. The Labute approximate surface area is 281 Å². The molecule has 0 N–H and O–H groups in total. The molecule has 3 aliphatic carbocycles. The van der Waals surface area contributed by atoms with Gasteiger partial charge in [0.05, 0.1) is 11.1 Å². The van der Waals surface area contributed by atoms with Gasteiger partial charge < -0.3 is 9.32 Å². The van der Waals surface area contributed by atoms with Crippen molar-refractivity contribution in [3.8, 4) is 11.1 Å². The molecule has 0 aliphatic heterocycles. The molecule has 0 radical (unpaired) electrons. The first kappa shape index (κ1) is 27.5. The zero-order valence-corrected chi connectivity index (χ0v) is 27.1. The summed E-state index contributed by atoms with van der Waals surface area (Å²) in [6.07, 6.45) is 9.49. The highest BCUT2D eigenvalue weighted by molar-refractivity contribution is 6.10. The van der Waals surface area contributed by atoms with Gasteiger partial charge in [-0.2, -0.15) is 0 Å². The zero-order valence-electron chi connectivity index (χ0n) is 27.1. The van der Waals surface area contributed by atoms with Gasteiger partial charge in [0.2, 0.25) is 0 Å². The van der Waals surface area contributed by atoms with Crippen LogP contribution in [0.5, 0.6) is 0 Å². The zero-order chi connectivity index (χ0) is 32.0. The Morgan fingerprint density at radius 1 is 0.521 bits per heavy atom. The molecule has 7 aromatic rings. The summed E-state index contributed by atoms with van der Waals surface area (Å²) < 4.78 is 6.64. The number of fused-ring (bicyclic) bond motifs is 12. The van der Waals surface area contributed by atoms with Crippen LogP contribution in [0.1, 0.15) is 36.1 Å². The lowest BCUT2D eigenvalue weighted by atomic mass is 9.48. The maximum absolute atomic E-state index is 6.64. The second-order valence-corrected chi connectivity index (χ2v) is 14.1. The molecule has 0 amide bonds. The van der Waals surface area contributed by atoms with Crippen molar-refractivity contribution < 1.29 is 4.42 Å². The monoisotopic (exact) mass is 617 g/mol. The average Bonchev–Trinajstić information content (AvgIpc) is 3.66. The molecule has 10 rings (SSSR count). The van der Waals surface area contributed by atoms with E-state index in [1.54, 1.807) is 0 Å². The van der Waals surface area contributed by atoms with Crippen molar-refractivity contribution >= 4 is 39.0 Å². The van der Waals surface area contributed by atoms with Gasteiger partial charge in [0, 0.05) is 28.1 Å². The van der Waals surface area contributed by atoms with E-state index in [2.05, 4.69) is 177 Å². The van der Waals surface area contributed by atoms with Gasteiger partial charge in [-0.1, -0.05) is 141 Å². The third-order valence-electron chi connectivity index (χ3n) is 11.5. The third kappa shape index (κ3) is 3.52. The van der Waals surface area contributed by atoms with Crippen molar-refractivity contribution in [2.24, 2.45) is 11.8 Å². The predicted molar refractivity (Wildman–Crippen MR) is 198 cm³/mol. The summed E-state index contributed by atoms with van der Waals surface area (Å²) in [5.74, 6) is 0.601. The van der Waals surface area contributed by atoms with Crippen LogP contribution >= 0.6 is 0 Å². The summed E-state index contributed by atoms with van der Waals surface area (Å²) in [6, 6.07) is 51.1. The second kappa shape index (κ2) is 9.95. The van der Waals surface area contributed by atoms with Crippen molar-refractivity contribution in [1.29, 1.82) is 0 Å². The molecule has 3 aliphatic rings. The van der Waals surface area contributed by atoms with Crippen LogP contribution in [-0.4, -0.2) is 0 Å². The molecular weight excluding hydrogens is 583 g/mol. The number of hydrogen-bond acceptors (Lipinski definition) is 2. The molecule has 2 heteroatoms. The first-order valence-corrected chi connectivity index (χ1v) is 17.0. The molecule has 0 saturated heterocycles. The highest BCUT2D eigenvalue weighted by Crippen LogP contribution is 2.65. The summed E-state index contributed by atoms with van der Waals surface area (Å²) in [6.45, 7) is 4.87. The number of benzene rings is 6. The lowest BCUT2D eigenvalue weighted by Gasteiger charge is -2.54. The van der Waals surface area contributed by atoms with Gasteiger partial charge in [-0.3, -0.25) is 0 Å². The van der Waals surface area contributed by atoms with Gasteiger partial charge in [-0.25, -0.2) is 0 Å². The van der Waals surface area contributed by atoms with E-state index >= 15 is 0 Å². The Hall–Kier alpha value is -5.60. The Morgan fingerprint density at radius 3 is 2.04 bits per heavy atom. The van der Waals surface area contributed by atoms with E-state index in [-0.39, 0.29) is 16.7 Å². The largest absolute Gasteiger partial charge is 0.454 e. The quantitative estimate of drug-likeness (QED) is 0.196. The van der Waals surface area contributed by atoms with Crippen molar-refractivity contribution in [3.05, 3.63) is 186 Å². The van der Waals surface area contributed by atoms with Crippen molar-refractivity contribution in [2.45, 2.75) is 24.7 Å². The van der Waals surface area contributed by atoms with Crippen molar-refractivity contribution in [1.82, 2.24) is 0 Å². The van der Waals surface area contributed by atoms with Crippen LogP contribution in [0.3, 0.4) is 0 Å². The van der Waals surface area contributed by atoms with E-state index in [0.29, 0.717) is 5.92 Å². The van der Waals surface area contributed by atoms with E-state index in [1.807, 2.05) is 6.07 Å². The molecule has 0 fully saturated rings. The predicted octanol–water partition coefficient (Wildman–Crippen LogP) is 12.0. The molecule has 230 valence electrons. The Kier molecular flexibility index (Phi) is 5.70. The van der Waals surface area contributed by atoms with E-state index in [9.17, 15) is 0 Å². The second-order valence-electron chi connectivity index (χ2n) is 14.1. The number of nitrogens with zero attached hydrogens (tertiary/aromatic N) is 1. The maximum atomic E-state index is 6.64. The molecule has 0 bridgehead atoms. The highest BCUT2D eigenvalue weighted by atomic mass is 16.3. The third-order valence-corrected chi connectivity index (χ3v) is 11.5. The number of furan rings is 1. The van der Waals surface area contributed by atoms with Gasteiger partial charge in [0.15, 0.2) is 5.58 Å². The van der Waals surface area contributed by atoms with Crippen LogP contribution in [-0.2, 0) is 10.8 Å². The van der Waals surface area contributed by atoms with Crippen LogP contribution in [0.4, 0.5) is 17.1 Å². The summed E-state index contributed by atoms with van der Waals surface area (Å²) in [7, 11) is 0. The van der Waals surface area contributed by atoms with Crippen molar-refractivity contribution in [3.63, 3.8) is 0 Å². The smallest absolute Gasteiger partial charge is 0.159 e. The van der Waals surface area contributed by atoms with Crippen LogP contribution in [0.25, 0.3) is 33.1 Å². The number of para-hydroxylation sites is 3. The maximum Gasteiger partial charge on any atom is 0.159 e. The van der Waals surface area contributed by atoms with Gasteiger partial charge in [-0.15, -0.1) is 0 Å². The van der Waals surface area contributed by atoms with Crippen molar-refractivity contribution in [2.75, 3.05) is 4.90 Å². The molecular formula is C46H35NO. The first-order chi connectivity index (χ1) is 23.6. The fraction of sp³-hybridized carbons (Fsp3) is 0.130. The SMILES string of the molecule is CC1(C)c2ccccc2C2(c3ccccc3-c3ccc(N(c4ccccc4)c4cccc5c4oc4ccccc45)cc32)C2C=CC=CC21. The van der Waals surface area contributed by atoms with Gasteiger partial charge in [0.25, 0.3) is 0 Å². The number of rotatable bonds is 3. The molecule has 2 nitrogen and oxygen atoms in total. The molecule has 48 heavy (non-hydrogen) atoms. The van der Waals surface area contributed by atoms with E-state index in [0.717, 1.165) is 39.0 Å². The molecule has 1 heterocycles. The van der Waals surface area contributed by atoms with Gasteiger partial charge in [-0.05, 0) is 81.1 Å². The lowest BCUT2D eigenvalue weighted by Crippen LogP contribution is -2.51. The minimum absolute atomic E-state index is 0.0178. The number of hydrogen-bond donors (Lipinski definition) is 0. The molecule has 3 atom stereocenters. The van der Waals surface area contributed by atoms with Gasteiger partial charge >= 0.3 is 0 Å². The molecule has 1 spiro atoms. The lowest BCUT2D eigenvalue weighted by molar-refractivity contribution is 0.219. The van der Waals surface area contributed by atoms with Gasteiger partial charge in [0.1, 0.15) is 5.58 Å². The normalized spacial score (nSPS) is 21.2. The Balaban J connectivity index is 1.29. The van der Waals surface area contributed by atoms with Crippen LogP contribution in [0.2, 0.25) is 0 Å². The minimum atomic E-state index is -0.340. The number of anilines is 3. The summed E-state index contributed by atoms with van der Waals surface area (Å²) in [5.41, 5.74) is 13.0. The molecule has 6 aromatic carbocycles. The fourth-order valence-corrected chi connectivity index (χ4v) is 9.46. The Bertz CT molecular complexity index is 2460. The number of allylic oxidation sites excluding steroid dienone is 4. The van der Waals surface area contributed by atoms with Crippen LogP contribution < -0.4 is 4.90 Å². The standard InChI is InChI=1S/C46H35NO/c1-45(2)37-21-9-11-23-39(37)46(40-24-12-10-22-38(40)45)36-20-8-6-17-32(36)33-28-27-31(29-41(33)46)47(30-15-4-3-5-16-30)42-25-14-19-35-34-18-7-13-26-43(34)48-44(35)42/h3-29,37,39H,1-2H3. The van der Waals surface area contributed by atoms with E-state index < -0.39 is 0 Å². The molecule has 3 unspecified atom stereocenters. The van der Waals surface area contributed by atoms with E-state index in [1.165, 1.54) is 33.4 Å². The average molecular weight is 618 g/mol. The summed E-state index contributed by atoms with van der Waals surface area (Å²) in [5, 5.41) is 2.26. The summed E-state index contributed by atoms with van der Waals surface area (Å²) >= 11 is 0. The minimum Gasteiger partial charge on any atom is -0.454 e.